The number of aromatic carboxylic acids is 1. The van der Waals surface area contributed by atoms with E-state index in [4.69, 9.17) is 27.9 Å². The van der Waals surface area contributed by atoms with Crippen LogP contribution in [0.1, 0.15) is 60.2 Å². The van der Waals surface area contributed by atoms with Gasteiger partial charge in [-0.2, -0.15) is 0 Å². The van der Waals surface area contributed by atoms with Gasteiger partial charge in [0.25, 0.3) is 0 Å². The number of aromatic nitrogens is 1. The highest BCUT2D eigenvalue weighted by molar-refractivity contribution is 6.31. The molecule has 11 heteroatoms. The summed E-state index contributed by atoms with van der Waals surface area (Å²) in [5.41, 5.74) is 1.10. The third-order valence-electron chi connectivity index (χ3n) is 8.87. The molecule has 3 aromatic carbocycles. The number of hydrogen-bond donors (Lipinski definition) is 4. The van der Waals surface area contributed by atoms with Crippen LogP contribution in [0.15, 0.2) is 85.2 Å². The predicted octanol–water partition coefficient (Wildman–Crippen LogP) is 7.46. The summed E-state index contributed by atoms with van der Waals surface area (Å²) in [6, 6.07) is 18.7. The van der Waals surface area contributed by atoms with E-state index in [9.17, 15) is 14.7 Å². The molecule has 1 aliphatic heterocycles. The van der Waals surface area contributed by atoms with Crippen LogP contribution in [0.5, 0.6) is 5.75 Å². The highest BCUT2D eigenvalue weighted by Gasteiger charge is 2.59. The molecular weight excluding hydrogens is 654 g/mol. The molecule has 1 aliphatic rings. The summed E-state index contributed by atoms with van der Waals surface area (Å²) in [6.45, 7) is 7.07. The van der Waals surface area contributed by atoms with Crippen LogP contribution in [0, 0.1) is 11.2 Å². The normalized spacial score (nSPS) is 20.8. The number of carbonyl (C=O) groups excluding carboxylic acids is 1. The van der Waals surface area contributed by atoms with Crippen molar-refractivity contribution in [1.29, 1.82) is 0 Å². The number of rotatable bonds is 11. The Hall–Kier alpha value is -4.02. The van der Waals surface area contributed by atoms with Gasteiger partial charge in [0.05, 0.1) is 24.4 Å². The van der Waals surface area contributed by atoms with Gasteiger partial charge in [-0.1, -0.05) is 68.2 Å². The summed E-state index contributed by atoms with van der Waals surface area (Å²) >= 11 is 13.2. The lowest BCUT2D eigenvalue weighted by atomic mass is 9.61. The number of pyridine rings is 1. The van der Waals surface area contributed by atoms with Gasteiger partial charge in [0.1, 0.15) is 11.6 Å². The fraction of sp³-hybridized carbons (Fsp3) is 0.324. The van der Waals surface area contributed by atoms with Crippen molar-refractivity contribution >= 4 is 40.8 Å². The largest absolute Gasteiger partial charge is 0.495 e. The van der Waals surface area contributed by atoms with E-state index in [1.807, 2.05) is 30.3 Å². The molecule has 8 nitrogen and oxygen atoms in total. The molecule has 252 valence electrons. The first-order valence-corrected chi connectivity index (χ1v) is 16.4. The average Bonchev–Trinajstić information content (AvgIpc) is 3.34. The highest BCUT2D eigenvalue weighted by atomic mass is 35.5. The van der Waals surface area contributed by atoms with Crippen LogP contribution >= 0.6 is 23.2 Å². The second-order valence-corrected chi connectivity index (χ2v) is 14.1. The third kappa shape index (κ3) is 7.50. The Kier molecular flexibility index (Phi) is 10.7. The van der Waals surface area contributed by atoms with Gasteiger partial charge in [0, 0.05) is 52.9 Å². The number of ether oxygens (including phenoxy) is 1. The van der Waals surface area contributed by atoms with Crippen molar-refractivity contribution in [2.75, 3.05) is 19.0 Å². The summed E-state index contributed by atoms with van der Waals surface area (Å²) < 4.78 is 21.9. The molecule has 0 aliphatic carbocycles. The van der Waals surface area contributed by atoms with Gasteiger partial charge < -0.3 is 25.8 Å². The van der Waals surface area contributed by atoms with Crippen LogP contribution in [0.4, 0.5) is 10.1 Å². The van der Waals surface area contributed by atoms with Gasteiger partial charge in [-0.05, 0) is 77.1 Å². The molecule has 5 rings (SSSR count). The second kappa shape index (κ2) is 14.6. The lowest BCUT2D eigenvalue weighted by Crippen LogP contribution is -2.51. The summed E-state index contributed by atoms with van der Waals surface area (Å²) in [7, 11) is 1.40. The van der Waals surface area contributed by atoms with Crippen LogP contribution in [0.2, 0.25) is 10.0 Å². The molecule has 48 heavy (non-hydrogen) atoms. The number of halogens is 3. The lowest BCUT2D eigenvalue weighted by Gasteiger charge is -2.43. The Labute approximate surface area is 290 Å². The minimum atomic E-state index is -1.12. The molecule has 4 atom stereocenters. The van der Waals surface area contributed by atoms with Crippen LogP contribution in [0.25, 0.3) is 0 Å². The van der Waals surface area contributed by atoms with E-state index in [2.05, 4.69) is 41.7 Å². The second-order valence-electron chi connectivity index (χ2n) is 13.3. The molecule has 1 aromatic heterocycles. The summed E-state index contributed by atoms with van der Waals surface area (Å²) in [5.74, 6) is -2.51. The maximum absolute atomic E-state index is 16.4. The number of carboxylic acid groups (broad SMARTS) is 1. The fourth-order valence-electron chi connectivity index (χ4n) is 6.84. The predicted molar refractivity (Wildman–Crippen MR) is 187 cm³/mol. The Morgan fingerprint density at radius 1 is 1.04 bits per heavy atom. The van der Waals surface area contributed by atoms with Crippen molar-refractivity contribution < 1.29 is 23.8 Å². The van der Waals surface area contributed by atoms with E-state index >= 15 is 4.39 Å². The molecule has 1 saturated heterocycles. The zero-order chi connectivity index (χ0) is 34.6. The van der Waals surface area contributed by atoms with Crippen molar-refractivity contribution in [3.8, 4) is 5.75 Å². The van der Waals surface area contributed by atoms with Crippen molar-refractivity contribution in [2.45, 2.75) is 57.2 Å². The Bertz CT molecular complexity index is 1790. The summed E-state index contributed by atoms with van der Waals surface area (Å²) in [5, 5.41) is 20.4. The van der Waals surface area contributed by atoms with Crippen LogP contribution in [-0.2, 0) is 16.8 Å². The van der Waals surface area contributed by atoms with Gasteiger partial charge in [0.2, 0.25) is 5.91 Å². The third-order valence-corrected chi connectivity index (χ3v) is 9.44. The zero-order valence-electron chi connectivity index (χ0n) is 27.2. The van der Waals surface area contributed by atoms with E-state index in [1.54, 1.807) is 30.6 Å². The monoisotopic (exact) mass is 692 g/mol. The number of anilines is 1. The van der Waals surface area contributed by atoms with E-state index in [1.165, 1.54) is 31.4 Å². The number of nitrogens with one attached hydrogen (secondary N) is 3. The van der Waals surface area contributed by atoms with E-state index < -0.39 is 41.1 Å². The van der Waals surface area contributed by atoms with Crippen molar-refractivity contribution in [3.05, 3.63) is 123 Å². The number of hydrogen-bond acceptors (Lipinski definition) is 6. The van der Waals surface area contributed by atoms with Crippen molar-refractivity contribution in [3.63, 3.8) is 0 Å². The Morgan fingerprint density at radius 2 is 1.77 bits per heavy atom. The Balaban J connectivity index is 1.69. The molecule has 0 spiro atoms. The molecular formula is C37H39Cl2FN4O4. The minimum absolute atomic E-state index is 0.0144. The van der Waals surface area contributed by atoms with Gasteiger partial charge in [0.15, 0.2) is 0 Å². The quantitative estimate of drug-likeness (QED) is 0.129. The van der Waals surface area contributed by atoms with Gasteiger partial charge in [-0.15, -0.1) is 0 Å². The molecule has 4 aromatic rings. The zero-order valence-corrected chi connectivity index (χ0v) is 28.7. The number of carboxylic acids is 1. The van der Waals surface area contributed by atoms with Gasteiger partial charge in [-0.25, -0.2) is 9.18 Å². The minimum Gasteiger partial charge on any atom is -0.495 e. The SMILES string of the molecule is COc1cc(C(=O)O)ccc1NC(=O)[C@@H]1N[C@@H](CC(C)(C)C)[C@](CNCc2ccncc2)(c2ccc(Cl)cc2F)[C@H]1c1ccccc1Cl. The smallest absolute Gasteiger partial charge is 0.335 e. The van der Waals surface area contributed by atoms with Crippen molar-refractivity contribution in [2.24, 2.45) is 5.41 Å². The number of methoxy groups -OCH3 is 1. The highest BCUT2D eigenvalue weighted by Crippen LogP contribution is 2.53. The standard InChI is InChI=1S/C37H39Cl2FN4O4/c1-36(2,3)19-31-37(26-11-10-24(38)18-28(26)40,21-42-20-22-13-15-41-16-14-22)32(25-7-5-6-8-27(25)39)33(44-31)34(45)43-29-12-9-23(35(46)47)17-30(29)48-4/h5-18,31-33,42,44H,19-21H2,1-4H3,(H,43,45)(H,46,47)/t31-,32-,33+,37-/m0/s1. The Morgan fingerprint density at radius 3 is 2.42 bits per heavy atom. The van der Waals surface area contributed by atoms with E-state index in [0.717, 1.165) is 5.56 Å². The summed E-state index contributed by atoms with van der Waals surface area (Å²) in [6.07, 6.45) is 4.01. The maximum atomic E-state index is 16.4. The number of benzene rings is 3. The van der Waals surface area contributed by atoms with E-state index in [-0.39, 0.29) is 28.3 Å². The van der Waals surface area contributed by atoms with Crippen LogP contribution in [0.3, 0.4) is 0 Å². The van der Waals surface area contributed by atoms with Gasteiger partial charge >= 0.3 is 5.97 Å². The molecule has 1 fully saturated rings. The van der Waals surface area contributed by atoms with E-state index in [0.29, 0.717) is 34.8 Å². The first kappa shape index (κ1) is 35.3. The van der Waals surface area contributed by atoms with Crippen LogP contribution in [-0.4, -0.2) is 47.7 Å². The molecule has 0 unspecified atom stereocenters. The molecule has 0 bridgehead atoms. The molecule has 4 N–H and O–H groups in total. The first-order valence-electron chi connectivity index (χ1n) is 15.6. The molecule has 0 saturated carbocycles. The fourth-order valence-corrected chi connectivity index (χ4v) is 7.26. The summed E-state index contributed by atoms with van der Waals surface area (Å²) in [4.78, 5) is 30.3. The molecule has 0 radical (unpaired) electrons. The topological polar surface area (TPSA) is 113 Å². The van der Waals surface area contributed by atoms with Crippen LogP contribution < -0.4 is 20.7 Å². The average molecular weight is 694 g/mol. The lowest BCUT2D eigenvalue weighted by molar-refractivity contribution is -0.118. The van der Waals surface area contributed by atoms with Gasteiger partial charge in [-0.3, -0.25) is 9.78 Å². The van der Waals surface area contributed by atoms with Crippen molar-refractivity contribution in [1.82, 2.24) is 15.6 Å². The maximum Gasteiger partial charge on any atom is 0.335 e. The first-order chi connectivity index (χ1) is 22.8. The number of amides is 1. The molecule has 2 heterocycles. The number of carbonyl (C=O) groups is 2. The number of nitrogens with zero attached hydrogens (tertiary/aromatic N) is 1. The molecule has 1 amide bonds.